The average Bonchev–Trinajstić information content (AvgIpc) is 3.68. The summed E-state index contributed by atoms with van der Waals surface area (Å²) in [5.74, 6) is 0.700. The summed E-state index contributed by atoms with van der Waals surface area (Å²) in [5, 5.41) is 5.49. The minimum atomic E-state index is 0.700. The van der Waals surface area contributed by atoms with Crippen LogP contribution in [0.3, 0.4) is 0 Å². The maximum absolute atomic E-state index is 6.52. The van der Waals surface area contributed by atoms with Crippen molar-refractivity contribution in [2.24, 2.45) is 0 Å². The SMILES string of the molecule is c1ccc(-c2ccc(-c3cc(-c4ccc(-c5ccc(-c6nc7ccccc7c7c6ccc6c8ccccc8oc67)cc5)cc4)nc(-c4ccccc4)n3)cc2)cc1. The Kier molecular flexibility index (Phi) is 7.78. The first kappa shape index (κ1) is 32.7. The van der Waals surface area contributed by atoms with Crippen molar-refractivity contribution in [1.29, 1.82) is 0 Å². The smallest absolute Gasteiger partial charge is 0.160 e. The van der Waals surface area contributed by atoms with Crippen LogP contribution in [-0.4, -0.2) is 15.0 Å². The van der Waals surface area contributed by atoms with Gasteiger partial charge in [-0.25, -0.2) is 15.0 Å². The van der Waals surface area contributed by atoms with Crippen molar-refractivity contribution in [1.82, 2.24) is 15.0 Å². The van der Waals surface area contributed by atoms with E-state index in [-0.39, 0.29) is 0 Å². The Morgan fingerprint density at radius 1 is 0.316 bits per heavy atom. The Balaban J connectivity index is 0.942. The molecule has 0 saturated heterocycles. The summed E-state index contributed by atoms with van der Waals surface area (Å²) in [6.45, 7) is 0. The van der Waals surface area contributed by atoms with Crippen molar-refractivity contribution in [3.8, 4) is 67.4 Å². The van der Waals surface area contributed by atoms with E-state index < -0.39 is 0 Å². The Hall–Kier alpha value is -7.69. The van der Waals surface area contributed by atoms with E-state index in [4.69, 9.17) is 19.4 Å². The van der Waals surface area contributed by atoms with E-state index in [1.165, 1.54) is 11.1 Å². The molecular formula is C53H33N3O. The second kappa shape index (κ2) is 13.6. The molecule has 11 aromatic rings. The molecule has 0 aliphatic carbocycles. The summed E-state index contributed by atoms with van der Waals surface area (Å²) in [6, 6.07) is 69.6. The molecule has 266 valence electrons. The first-order valence-electron chi connectivity index (χ1n) is 19.2. The molecule has 0 amide bonds. The van der Waals surface area contributed by atoms with Crippen molar-refractivity contribution in [2.75, 3.05) is 0 Å². The van der Waals surface area contributed by atoms with Gasteiger partial charge in [-0.15, -0.1) is 0 Å². The van der Waals surface area contributed by atoms with E-state index in [0.29, 0.717) is 5.82 Å². The van der Waals surface area contributed by atoms with Gasteiger partial charge in [-0.1, -0.05) is 176 Å². The first-order valence-corrected chi connectivity index (χ1v) is 19.2. The number of furan rings is 1. The predicted molar refractivity (Wildman–Crippen MR) is 235 cm³/mol. The van der Waals surface area contributed by atoms with Crippen LogP contribution in [0.25, 0.3) is 111 Å². The van der Waals surface area contributed by atoms with E-state index in [1.807, 2.05) is 42.5 Å². The van der Waals surface area contributed by atoms with Crippen LogP contribution < -0.4 is 0 Å². The fourth-order valence-electron chi connectivity index (χ4n) is 8.01. The van der Waals surface area contributed by atoms with Gasteiger partial charge in [-0.2, -0.15) is 0 Å². The molecule has 0 bridgehead atoms. The lowest BCUT2D eigenvalue weighted by molar-refractivity contribution is 0.673. The summed E-state index contributed by atoms with van der Waals surface area (Å²) in [7, 11) is 0. The zero-order valence-corrected chi connectivity index (χ0v) is 30.8. The van der Waals surface area contributed by atoms with Crippen LogP contribution in [0.5, 0.6) is 0 Å². The van der Waals surface area contributed by atoms with Crippen molar-refractivity contribution < 1.29 is 4.42 Å². The van der Waals surface area contributed by atoms with Gasteiger partial charge in [0.25, 0.3) is 0 Å². The molecule has 4 heteroatoms. The molecule has 3 aromatic heterocycles. The maximum Gasteiger partial charge on any atom is 0.160 e. The first-order chi connectivity index (χ1) is 28.2. The number of fused-ring (bicyclic) bond motifs is 7. The van der Waals surface area contributed by atoms with Crippen molar-refractivity contribution >= 4 is 43.6 Å². The molecular weight excluding hydrogens is 695 g/mol. The van der Waals surface area contributed by atoms with Gasteiger partial charge in [0.2, 0.25) is 0 Å². The lowest BCUT2D eigenvalue weighted by Gasteiger charge is -2.12. The topological polar surface area (TPSA) is 51.8 Å². The maximum atomic E-state index is 6.52. The van der Waals surface area contributed by atoms with Gasteiger partial charge < -0.3 is 4.42 Å². The van der Waals surface area contributed by atoms with Gasteiger partial charge in [0.15, 0.2) is 5.82 Å². The predicted octanol–water partition coefficient (Wildman–Crippen LogP) is 14.1. The molecule has 0 unspecified atom stereocenters. The van der Waals surface area contributed by atoms with E-state index in [2.05, 4.69) is 158 Å². The highest BCUT2D eigenvalue weighted by molar-refractivity contribution is 6.24. The minimum Gasteiger partial charge on any atom is -0.455 e. The lowest BCUT2D eigenvalue weighted by Crippen LogP contribution is -1.96. The second-order valence-electron chi connectivity index (χ2n) is 14.4. The lowest BCUT2D eigenvalue weighted by atomic mass is 9.96. The highest BCUT2D eigenvalue weighted by Crippen LogP contribution is 2.41. The Morgan fingerprint density at radius 3 is 1.42 bits per heavy atom. The standard InChI is InChI=1S/C53H33N3O/c1-3-11-34(12-4-1)35-19-25-38(26-20-35)47-33-48(56-53(55-47)41-13-5-2-6-14-41)39-27-21-36(22-28-39)37-23-29-40(30-24-37)51-45-32-31-43-42-15-8-10-18-49(42)57-52(43)50(45)44-16-7-9-17-46(44)54-51/h1-33H. The Bertz CT molecular complexity index is 3240. The molecule has 0 atom stereocenters. The number of hydrogen-bond donors (Lipinski definition) is 0. The van der Waals surface area contributed by atoms with Crippen LogP contribution in [0.1, 0.15) is 0 Å². The summed E-state index contributed by atoms with van der Waals surface area (Å²) in [4.78, 5) is 15.3. The fourth-order valence-corrected chi connectivity index (χ4v) is 8.01. The molecule has 0 radical (unpaired) electrons. The number of nitrogens with zero attached hydrogens (tertiary/aromatic N) is 3. The van der Waals surface area contributed by atoms with E-state index >= 15 is 0 Å². The van der Waals surface area contributed by atoms with Gasteiger partial charge in [0.05, 0.1) is 22.6 Å². The van der Waals surface area contributed by atoms with Gasteiger partial charge >= 0.3 is 0 Å². The quantitative estimate of drug-likeness (QED) is 0.160. The summed E-state index contributed by atoms with van der Waals surface area (Å²) >= 11 is 0. The minimum absolute atomic E-state index is 0.700. The van der Waals surface area contributed by atoms with E-state index in [1.54, 1.807) is 0 Å². The largest absolute Gasteiger partial charge is 0.455 e. The van der Waals surface area contributed by atoms with Crippen LogP contribution >= 0.6 is 0 Å². The number of rotatable bonds is 6. The molecule has 0 saturated carbocycles. The van der Waals surface area contributed by atoms with Crippen LogP contribution in [0.4, 0.5) is 0 Å². The van der Waals surface area contributed by atoms with Crippen molar-refractivity contribution in [3.05, 3.63) is 200 Å². The molecule has 11 rings (SSSR count). The summed E-state index contributed by atoms with van der Waals surface area (Å²) in [6.07, 6.45) is 0. The highest BCUT2D eigenvalue weighted by atomic mass is 16.3. The van der Waals surface area contributed by atoms with Gasteiger partial charge in [0, 0.05) is 49.2 Å². The third-order valence-electron chi connectivity index (χ3n) is 10.9. The number of benzene rings is 8. The molecule has 4 nitrogen and oxygen atoms in total. The highest BCUT2D eigenvalue weighted by Gasteiger charge is 2.17. The molecule has 57 heavy (non-hydrogen) atoms. The van der Waals surface area contributed by atoms with Crippen LogP contribution in [0, 0.1) is 0 Å². The zero-order chi connectivity index (χ0) is 37.7. The van der Waals surface area contributed by atoms with Crippen molar-refractivity contribution in [2.45, 2.75) is 0 Å². The van der Waals surface area contributed by atoms with Crippen LogP contribution in [0.15, 0.2) is 205 Å². The molecule has 0 aliphatic heterocycles. The van der Waals surface area contributed by atoms with Crippen LogP contribution in [0.2, 0.25) is 0 Å². The normalized spacial score (nSPS) is 11.5. The molecule has 0 fully saturated rings. The molecule has 8 aromatic carbocycles. The van der Waals surface area contributed by atoms with E-state index in [0.717, 1.165) is 94.1 Å². The van der Waals surface area contributed by atoms with Gasteiger partial charge in [-0.05, 0) is 46.5 Å². The average molecular weight is 728 g/mol. The zero-order valence-electron chi connectivity index (χ0n) is 30.8. The summed E-state index contributed by atoms with van der Waals surface area (Å²) < 4.78 is 6.52. The number of aromatic nitrogens is 3. The Morgan fingerprint density at radius 2 is 0.789 bits per heavy atom. The van der Waals surface area contributed by atoms with E-state index in [9.17, 15) is 0 Å². The molecule has 0 aliphatic rings. The molecule has 0 N–H and O–H groups in total. The third kappa shape index (κ3) is 5.83. The second-order valence-corrected chi connectivity index (χ2v) is 14.4. The van der Waals surface area contributed by atoms with Gasteiger partial charge in [-0.3, -0.25) is 0 Å². The third-order valence-corrected chi connectivity index (χ3v) is 10.9. The van der Waals surface area contributed by atoms with Crippen LogP contribution in [-0.2, 0) is 0 Å². The van der Waals surface area contributed by atoms with Crippen molar-refractivity contribution in [3.63, 3.8) is 0 Å². The summed E-state index contributed by atoms with van der Waals surface area (Å²) in [5.41, 5.74) is 14.2. The van der Waals surface area contributed by atoms with Gasteiger partial charge in [0.1, 0.15) is 11.2 Å². The number of pyridine rings is 1. The number of hydrogen-bond acceptors (Lipinski definition) is 4. The fraction of sp³-hybridized carbons (Fsp3) is 0. The molecule has 3 heterocycles. The Labute approximate surface area is 329 Å². The number of para-hydroxylation sites is 2. The monoisotopic (exact) mass is 727 g/mol. The molecule has 0 spiro atoms.